The molecule has 0 saturated carbocycles. The fraction of sp³-hybridized carbons (Fsp3) is 0.667. The number of carbonyl (C=O) groups is 1. The first-order chi connectivity index (χ1) is 9.69. The summed E-state index contributed by atoms with van der Waals surface area (Å²) in [6.45, 7) is 12.0. The molecule has 0 spiro atoms. The molecule has 1 rings (SSSR count). The van der Waals surface area contributed by atoms with Crippen LogP contribution in [-0.2, 0) is 4.74 Å². The van der Waals surface area contributed by atoms with E-state index in [1.165, 1.54) is 0 Å². The summed E-state index contributed by atoms with van der Waals surface area (Å²) in [5.74, 6) is 0. The highest BCUT2D eigenvalue weighted by molar-refractivity contribution is 5.67. The van der Waals surface area contributed by atoms with Crippen molar-refractivity contribution in [1.29, 1.82) is 0 Å². The van der Waals surface area contributed by atoms with Crippen molar-refractivity contribution in [1.82, 2.24) is 20.6 Å². The Morgan fingerprint density at radius 1 is 1.29 bits per heavy atom. The third kappa shape index (κ3) is 6.53. The first-order valence-corrected chi connectivity index (χ1v) is 7.19. The Bertz CT molecular complexity index is 471. The van der Waals surface area contributed by atoms with Crippen LogP contribution < -0.4 is 10.6 Å². The Kier molecular flexibility index (Phi) is 6.08. The molecule has 118 valence electrons. The molecule has 0 saturated heterocycles. The minimum atomic E-state index is -0.481. The second kappa shape index (κ2) is 7.36. The van der Waals surface area contributed by atoms with Crippen LogP contribution in [-0.4, -0.2) is 34.2 Å². The van der Waals surface area contributed by atoms with Gasteiger partial charge in [-0.05, 0) is 41.5 Å². The van der Waals surface area contributed by atoms with Crippen LogP contribution in [0.4, 0.5) is 4.79 Å². The zero-order valence-electron chi connectivity index (χ0n) is 13.7. The molecular weight excluding hydrogens is 268 g/mol. The first-order valence-electron chi connectivity index (χ1n) is 7.19. The number of hydrogen-bond acceptors (Lipinski definition) is 5. The zero-order chi connectivity index (χ0) is 16.0. The fourth-order valence-corrected chi connectivity index (χ4v) is 1.96. The summed E-state index contributed by atoms with van der Waals surface area (Å²) in [4.78, 5) is 20.2. The maximum atomic E-state index is 11.6. The molecule has 2 atom stereocenters. The van der Waals surface area contributed by atoms with Crippen molar-refractivity contribution in [3.8, 4) is 0 Å². The van der Waals surface area contributed by atoms with Crippen LogP contribution in [0.15, 0.2) is 12.4 Å². The molecule has 1 aromatic heterocycles. The van der Waals surface area contributed by atoms with Crippen molar-refractivity contribution in [3.05, 3.63) is 23.8 Å². The maximum absolute atomic E-state index is 11.6. The molecule has 0 aromatic carbocycles. The van der Waals surface area contributed by atoms with Crippen molar-refractivity contribution in [3.63, 3.8) is 0 Å². The molecule has 2 N–H and O–H groups in total. The quantitative estimate of drug-likeness (QED) is 0.871. The van der Waals surface area contributed by atoms with Crippen LogP contribution in [0.25, 0.3) is 0 Å². The van der Waals surface area contributed by atoms with E-state index in [0.717, 1.165) is 11.4 Å². The standard InChI is InChI=1S/C15H26N4O2/c1-10(9-18-14(20)21-15(4,5)6)19-12(3)13-11(2)16-7-8-17-13/h7-8,10,12,19H,9H2,1-6H3,(H,18,20). The molecule has 2 unspecified atom stereocenters. The molecule has 0 fully saturated rings. The van der Waals surface area contributed by atoms with E-state index in [4.69, 9.17) is 4.74 Å². The lowest BCUT2D eigenvalue weighted by atomic mass is 10.1. The normalized spacial score (nSPS) is 14.4. The van der Waals surface area contributed by atoms with Gasteiger partial charge < -0.3 is 15.4 Å². The summed E-state index contributed by atoms with van der Waals surface area (Å²) in [5.41, 5.74) is 1.34. The zero-order valence-corrected chi connectivity index (χ0v) is 13.7. The highest BCUT2D eigenvalue weighted by Crippen LogP contribution is 2.12. The maximum Gasteiger partial charge on any atom is 0.407 e. The summed E-state index contributed by atoms with van der Waals surface area (Å²) < 4.78 is 5.20. The molecule has 1 amide bonds. The van der Waals surface area contributed by atoms with E-state index in [-0.39, 0.29) is 12.1 Å². The van der Waals surface area contributed by atoms with Crippen LogP contribution in [0.2, 0.25) is 0 Å². The molecule has 0 radical (unpaired) electrons. The third-order valence-electron chi connectivity index (χ3n) is 2.82. The number of nitrogens with one attached hydrogen (secondary N) is 2. The lowest BCUT2D eigenvalue weighted by molar-refractivity contribution is 0.0522. The molecule has 0 aliphatic carbocycles. The van der Waals surface area contributed by atoms with Gasteiger partial charge >= 0.3 is 6.09 Å². The highest BCUT2D eigenvalue weighted by atomic mass is 16.6. The van der Waals surface area contributed by atoms with Crippen molar-refractivity contribution < 1.29 is 9.53 Å². The predicted molar refractivity (Wildman–Crippen MR) is 82.0 cm³/mol. The number of ether oxygens (including phenoxy) is 1. The van der Waals surface area contributed by atoms with E-state index >= 15 is 0 Å². The SMILES string of the molecule is Cc1nccnc1C(C)NC(C)CNC(=O)OC(C)(C)C. The number of nitrogens with zero attached hydrogens (tertiary/aromatic N) is 2. The summed E-state index contributed by atoms with van der Waals surface area (Å²) >= 11 is 0. The Morgan fingerprint density at radius 2 is 1.90 bits per heavy atom. The molecule has 6 heteroatoms. The third-order valence-corrected chi connectivity index (χ3v) is 2.82. The largest absolute Gasteiger partial charge is 0.444 e. The van der Waals surface area contributed by atoms with Gasteiger partial charge in [-0.2, -0.15) is 0 Å². The van der Waals surface area contributed by atoms with Crippen LogP contribution in [0.1, 0.15) is 52.0 Å². The number of rotatable bonds is 5. The van der Waals surface area contributed by atoms with Crippen molar-refractivity contribution in [2.24, 2.45) is 0 Å². The Labute approximate surface area is 126 Å². The number of carbonyl (C=O) groups excluding carboxylic acids is 1. The van der Waals surface area contributed by atoms with Gasteiger partial charge in [0.25, 0.3) is 0 Å². The van der Waals surface area contributed by atoms with Gasteiger partial charge in [-0.25, -0.2) is 4.79 Å². The molecule has 6 nitrogen and oxygen atoms in total. The average Bonchev–Trinajstić information content (AvgIpc) is 2.34. The van der Waals surface area contributed by atoms with Gasteiger partial charge in [-0.3, -0.25) is 9.97 Å². The number of aryl methyl sites for hydroxylation is 1. The summed E-state index contributed by atoms with van der Waals surface area (Å²) in [6.07, 6.45) is 2.96. The van der Waals surface area contributed by atoms with E-state index in [9.17, 15) is 4.79 Å². The Balaban J connectivity index is 2.42. The number of aromatic nitrogens is 2. The molecule has 0 aliphatic rings. The highest BCUT2D eigenvalue weighted by Gasteiger charge is 2.17. The first kappa shape index (κ1) is 17.4. The van der Waals surface area contributed by atoms with Gasteiger partial charge in [-0.1, -0.05) is 0 Å². The van der Waals surface area contributed by atoms with Crippen LogP contribution in [0, 0.1) is 6.92 Å². The van der Waals surface area contributed by atoms with Crippen molar-refractivity contribution in [2.45, 2.75) is 59.2 Å². The molecule has 1 aromatic rings. The minimum absolute atomic E-state index is 0.0640. The van der Waals surface area contributed by atoms with Gasteiger partial charge in [0.1, 0.15) is 5.60 Å². The molecular formula is C15H26N4O2. The number of amides is 1. The molecule has 21 heavy (non-hydrogen) atoms. The predicted octanol–water partition coefficient (Wildman–Crippen LogP) is 2.35. The van der Waals surface area contributed by atoms with E-state index < -0.39 is 11.7 Å². The Hall–Kier alpha value is -1.69. The monoisotopic (exact) mass is 294 g/mol. The summed E-state index contributed by atoms with van der Waals surface area (Å²) in [7, 11) is 0. The van der Waals surface area contributed by atoms with E-state index in [0.29, 0.717) is 6.54 Å². The van der Waals surface area contributed by atoms with Crippen molar-refractivity contribution in [2.75, 3.05) is 6.54 Å². The van der Waals surface area contributed by atoms with Gasteiger partial charge in [-0.15, -0.1) is 0 Å². The van der Waals surface area contributed by atoms with Gasteiger partial charge in [0.05, 0.1) is 11.4 Å². The second-order valence-electron chi connectivity index (χ2n) is 6.20. The molecule has 1 heterocycles. The van der Waals surface area contributed by atoms with E-state index in [2.05, 4.69) is 20.6 Å². The topological polar surface area (TPSA) is 76.1 Å². The van der Waals surface area contributed by atoms with Crippen LogP contribution in [0.5, 0.6) is 0 Å². The summed E-state index contributed by atoms with van der Waals surface area (Å²) in [6, 6.07) is 0.156. The molecule has 0 aliphatic heterocycles. The Morgan fingerprint density at radius 3 is 2.48 bits per heavy atom. The van der Waals surface area contributed by atoms with Gasteiger partial charge in [0.2, 0.25) is 0 Å². The fourth-order valence-electron chi connectivity index (χ4n) is 1.96. The lowest BCUT2D eigenvalue weighted by Gasteiger charge is -2.23. The second-order valence-corrected chi connectivity index (χ2v) is 6.20. The van der Waals surface area contributed by atoms with Crippen LogP contribution >= 0.6 is 0 Å². The van der Waals surface area contributed by atoms with Crippen LogP contribution in [0.3, 0.4) is 0 Å². The minimum Gasteiger partial charge on any atom is -0.444 e. The van der Waals surface area contributed by atoms with E-state index in [1.54, 1.807) is 12.4 Å². The van der Waals surface area contributed by atoms with Crippen molar-refractivity contribution >= 4 is 6.09 Å². The van der Waals surface area contributed by atoms with Gasteiger partial charge in [0.15, 0.2) is 0 Å². The van der Waals surface area contributed by atoms with E-state index in [1.807, 2.05) is 41.5 Å². The number of hydrogen-bond donors (Lipinski definition) is 2. The van der Waals surface area contributed by atoms with Gasteiger partial charge in [0, 0.05) is 31.0 Å². The molecule has 0 bridgehead atoms. The number of alkyl carbamates (subject to hydrolysis) is 1. The average molecular weight is 294 g/mol. The smallest absolute Gasteiger partial charge is 0.407 e. The lowest BCUT2D eigenvalue weighted by Crippen LogP contribution is -2.42. The summed E-state index contributed by atoms with van der Waals surface area (Å²) in [5, 5.41) is 6.13.